The predicted octanol–water partition coefficient (Wildman–Crippen LogP) is 0.734. The van der Waals surface area contributed by atoms with Gasteiger partial charge in [-0.05, 0) is 18.9 Å². The van der Waals surface area contributed by atoms with Gasteiger partial charge in [-0.25, -0.2) is 0 Å². The molecule has 1 heterocycles. The summed E-state index contributed by atoms with van der Waals surface area (Å²) in [4.78, 5) is 11.4. The van der Waals surface area contributed by atoms with Crippen LogP contribution in [-0.4, -0.2) is 4.57 Å². The van der Waals surface area contributed by atoms with Crippen LogP contribution in [0.4, 0.5) is 5.69 Å². The van der Waals surface area contributed by atoms with Crippen LogP contribution in [0.1, 0.15) is 12.8 Å². The van der Waals surface area contributed by atoms with Gasteiger partial charge in [-0.15, -0.1) is 0 Å². The molecule has 14 heavy (non-hydrogen) atoms. The predicted molar refractivity (Wildman–Crippen MR) is 52.4 cm³/mol. The number of nitrogen functional groups attached to an aromatic ring is 1. The zero-order chi connectivity index (χ0) is 10.2. The molecule has 1 aliphatic carbocycles. The summed E-state index contributed by atoms with van der Waals surface area (Å²) >= 11 is 0. The van der Waals surface area contributed by atoms with Gasteiger partial charge in [-0.1, -0.05) is 0 Å². The van der Waals surface area contributed by atoms with Crippen molar-refractivity contribution in [2.75, 3.05) is 5.73 Å². The standard InChI is InChI=1S/C10H11N3O/c11-6-10(3-4-10)7-13-5-8(12)1-2-9(13)14/h1-2,5H,3-4,7,12H2. The number of anilines is 1. The third kappa shape index (κ3) is 1.49. The molecule has 0 spiro atoms. The lowest BCUT2D eigenvalue weighted by molar-refractivity contribution is 0.516. The first-order chi connectivity index (χ1) is 6.65. The lowest BCUT2D eigenvalue weighted by atomic mass is 10.1. The van der Waals surface area contributed by atoms with Crippen LogP contribution in [0.3, 0.4) is 0 Å². The summed E-state index contributed by atoms with van der Waals surface area (Å²) in [5.74, 6) is 0. The van der Waals surface area contributed by atoms with Crippen molar-refractivity contribution >= 4 is 5.69 Å². The molecule has 0 saturated heterocycles. The van der Waals surface area contributed by atoms with E-state index in [1.807, 2.05) is 0 Å². The van der Waals surface area contributed by atoms with Crippen molar-refractivity contribution in [2.24, 2.45) is 5.41 Å². The fourth-order valence-electron chi connectivity index (χ4n) is 1.46. The molecular weight excluding hydrogens is 178 g/mol. The van der Waals surface area contributed by atoms with Gasteiger partial charge in [0.25, 0.3) is 5.56 Å². The Morgan fingerprint density at radius 3 is 2.86 bits per heavy atom. The number of hydrogen-bond acceptors (Lipinski definition) is 3. The first kappa shape index (κ1) is 8.82. The van der Waals surface area contributed by atoms with E-state index in [1.165, 1.54) is 10.6 Å². The number of rotatable bonds is 2. The van der Waals surface area contributed by atoms with Gasteiger partial charge in [-0.2, -0.15) is 5.26 Å². The highest BCUT2D eigenvalue weighted by molar-refractivity contribution is 5.33. The van der Waals surface area contributed by atoms with E-state index in [9.17, 15) is 4.79 Å². The molecule has 0 aromatic carbocycles. The summed E-state index contributed by atoms with van der Waals surface area (Å²) in [5.41, 5.74) is 5.72. The van der Waals surface area contributed by atoms with Crippen LogP contribution in [0.25, 0.3) is 0 Å². The number of aromatic nitrogens is 1. The second-order valence-corrected chi connectivity index (χ2v) is 3.82. The Morgan fingerprint density at radius 2 is 2.29 bits per heavy atom. The van der Waals surface area contributed by atoms with Crippen molar-refractivity contribution in [1.82, 2.24) is 4.57 Å². The number of nitrogens with zero attached hydrogens (tertiary/aromatic N) is 2. The molecule has 4 nitrogen and oxygen atoms in total. The average molecular weight is 189 g/mol. The van der Waals surface area contributed by atoms with Gasteiger partial charge >= 0.3 is 0 Å². The van der Waals surface area contributed by atoms with Crippen LogP contribution in [0.15, 0.2) is 23.1 Å². The van der Waals surface area contributed by atoms with E-state index in [0.717, 1.165) is 12.8 Å². The van der Waals surface area contributed by atoms with Gasteiger partial charge in [0.05, 0.1) is 11.5 Å². The number of hydrogen-bond donors (Lipinski definition) is 1. The molecule has 2 N–H and O–H groups in total. The maximum atomic E-state index is 11.4. The third-order valence-corrected chi connectivity index (χ3v) is 2.57. The molecule has 0 unspecified atom stereocenters. The van der Waals surface area contributed by atoms with Gasteiger partial charge in [0.15, 0.2) is 0 Å². The zero-order valence-electron chi connectivity index (χ0n) is 7.73. The molecule has 0 bridgehead atoms. The molecule has 0 aliphatic heterocycles. The Hall–Kier alpha value is -1.76. The third-order valence-electron chi connectivity index (χ3n) is 2.57. The van der Waals surface area contributed by atoms with E-state index in [0.29, 0.717) is 12.2 Å². The lowest BCUT2D eigenvalue weighted by Crippen LogP contribution is -2.23. The Morgan fingerprint density at radius 1 is 1.57 bits per heavy atom. The van der Waals surface area contributed by atoms with Gasteiger partial charge in [0, 0.05) is 24.5 Å². The molecule has 0 radical (unpaired) electrons. The Bertz CT molecular complexity index is 451. The minimum atomic E-state index is -0.308. The number of pyridine rings is 1. The summed E-state index contributed by atoms with van der Waals surface area (Å²) in [6.45, 7) is 0.466. The first-order valence-corrected chi connectivity index (χ1v) is 4.52. The highest BCUT2D eigenvalue weighted by atomic mass is 16.1. The summed E-state index contributed by atoms with van der Waals surface area (Å²) < 4.78 is 1.52. The molecular formula is C10H11N3O. The van der Waals surface area contributed by atoms with E-state index in [4.69, 9.17) is 11.0 Å². The van der Waals surface area contributed by atoms with Crippen molar-refractivity contribution in [2.45, 2.75) is 19.4 Å². The molecule has 1 aromatic heterocycles. The van der Waals surface area contributed by atoms with Crippen LogP contribution in [0.2, 0.25) is 0 Å². The van der Waals surface area contributed by atoms with Gasteiger partial charge in [0.2, 0.25) is 0 Å². The zero-order valence-corrected chi connectivity index (χ0v) is 7.73. The number of nitriles is 1. The fraction of sp³-hybridized carbons (Fsp3) is 0.400. The second-order valence-electron chi connectivity index (χ2n) is 3.82. The molecule has 0 atom stereocenters. The van der Waals surface area contributed by atoms with Crippen LogP contribution in [-0.2, 0) is 6.54 Å². The number of nitrogens with two attached hydrogens (primary N) is 1. The summed E-state index contributed by atoms with van der Waals surface area (Å²) in [7, 11) is 0. The van der Waals surface area contributed by atoms with Gasteiger partial charge in [-0.3, -0.25) is 4.79 Å². The van der Waals surface area contributed by atoms with E-state index in [1.54, 1.807) is 12.3 Å². The van der Waals surface area contributed by atoms with Crippen molar-refractivity contribution in [3.05, 3.63) is 28.7 Å². The fourth-order valence-corrected chi connectivity index (χ4v) is 1.46. The molecule has 1 fully saturated rings. The van der Waals surface area contributed by atoms with E-state index < -0.39 is 0 Å². The Balaban J connectivity index is 2.30. The van der Waals surface area contributed by atoms with Crippen LogP contribution >= 0.6 is 0 Å². The topological polar surface area (TPSA) is 71.8 Å². The Kier molecular flexibility index (Phi) is 1.81. The minimum Gasteiger partial charge on any atom is -0.398 e. The maximum absolute atomic E-state index is 11.4. The van der Waals surface area contributed by atoms with E-state index >= 15 is 0 Å². The largest absolute Gasteiger partial charge is 0.398 e. The lowest BCUT2D eigenvalue weighted by Gasteiger charge is -2.09. The van der Waals surface area contributed by atoms with Crippen molar-refractivity contribution in [3.63, 3.8) is 0 Å². The van der Waals surface area contributed by atoms with Gasteiger partial charge < -0.3 is 10.3 Å². The quantitative estimate of drug-likeness (QED) is 0.745. The molecule has 72 valence electrons. The normalized spacial score (nSPS) is 17.4. The molecule has 1 saturated carbocycles. The van der Waals surface area contributed by atoms with E-state index in [-0.39, 0.29) is 11.0 Å². The summed E-state index contributed by atoms with van der Waals surface area (Å²) in [6.07, 6.45) is 3.36. The summed E-state index contributed by atoms with van der Waals surface area (Å²) in [5, 5.41) is 8.88. The molecule has 2 rings (SSSR count). The SMILES string of the molecule is N#CC1(Cn2cc(N)ccc2=O)CC1. The van der Waals surface area contributed by atoms with Crippen LogP contribution in [0.5, 0.6) is 0 Å². The Labute approximate surface area is 81.6 Å². The first-order valence-electron chi connectivity index (χ1n) is 4.52. The van der Waals surface area contributed by atoms with Crippen molar-refractivity contribution < 1.29 is 0 Å². The maximum Gasteiger partial charge on any atom is 0.250 e. The van der Waals surface area contributed by atoms with Crippen molar-refractivity contribution in [3.8, 4) is 6.07 Å². The van der Waals surface area contributed by atoms with Crippen LogP contribution in [0, 0.1) is 16.7 Å². The second kappa shape index (κ2) is 2.88. The van der Waals surface area contributed by atoms with Crippen LogP contribution < -0.4 is 11.3 Å². The molecule has 1 aliphatic rings. The highest BCUT2D eigenvalue weighted by Gasteiger charge is 2.43. The average Bonchev–Trinajstić information content (AvgIpc) is 2.92. The molecule has 0 amide bonds. The minimum absolute atomic E-state index is 0.0966. The molecule has 1 aromatic rings. The smallest absolute Gasteiger partial charge is 0.250 e. The van der Waals surface area contributed by atoms with Gasteiger partial charge in [0.1, 0.15) is 0 Å². The van der Waals surface area contributed by atoms with Crippen molar-refractivity contribution in [1.29, 1.82) is 5.26 Å². The molecule has 4 heteroatoms. The van der Waals surface area contributed by atoms with E-state index in [2.05, 4.69) is 6.07 Å². The monoisotopic (exact) mass is 189 g/mol. The summed E-state index contributed by atoms with van der Waals surface area (Å²) in [6, 6.07) is 5.25. The highest BCUT2D eigenvalue weighted by Crippen LogP contribution is 2.46.